The van der Waals surface area contributed by atoms with Crippen molar-refractivity contribution < 1.29 is 24.9 Å². The third-order valence-corrected chi connectivity index (χ3v) is 1.52. The summed E-state index contributed by atoms with van der Waals surface area (Å²) >= 11 is 0. The number of carboxylic acid groups (broad SMARTS) is 2. The van der Waals surface area contributed by atoms with E-state index in [0.717, 1.165) is 25.1 Å². The lowest BCUT2D eigenvalue weighted by Gasteiger charge is -2.07. The van der Waals surface area contributed by atoms with Gasteiger partial charge in [-0.1, -0.05) is 20.1 Å². The number of nitrogens with one attached hydrogen (secondary N) is 1. The lowest BCUT2D eigenvalue weighted by Crippen LogP contribution is -2.30. The number of carbonyl (C=O) groups is 2. The monoisotopic (exact) mass is 276 g/mol. The number of aliphatic carboxylic acids is 2. The summed E-state index contributed by atoms with van der Waals surface area (Å²) < 4.78 is 0. The normalized spacial score (nSPS) is 9.84. The van der Waals surface area contributed by atoms with Gasteiger partial charge in [0.15, 0.2) is 0 Å². The Bertz CT molecular complexity index is 239. The summed E-state index contributed by atoms with van der Waals surface area (Å²) in [4.78, 5) is 18.5. The molecule has 0 heterocycles. The van der Waals surface area contributed by atoms with E-state index in [1.165, 1.54) is 0 Å². The van der Waals surface area contributed by atoms with Crippen molar-refractivity contribution in [2.45, 2.75) is 19.4 Å². The Hall–Kier alpha value is -1.70. The van der Waals surface area contributed by atoms with E-state index in [0.29, 0.717) is 13.1 Å². The van der Waals surface area contributed by atoms with Crippen LogP contribution in [-0.2, 0) is 9.59 Å². The quantitative estimate of drug-likeness (QED) is 0.322. The standard InChI is InChI=1S/C6H16N2O.2C3H4O2/c1-2-6(9)5-8-4-3-7;2*1-2-3(4)5/h6,8-9H,2-5,7H2,1H3;2*2H,1H2,(H,4,5). The molecule has 0 aliphatic carbocycles. The molecule has 6 N–H and O–H groups in total. The maximum atomic E-state index is 9.25. The zero-order chi connectivity index (χ0) is 15.7. The summed E-state index contributed by atoms with van der Waals surface area (Å²) in [5.74, 6) is -1.96. The maximum Gasteiger partial charge on any atom is 0.327 e. The second-order valence-corrected chi connectivity index (χ2v) is 3.14. The van der Waals surface area contributed by atoms with Crippen LogP contribution in [0, 0.1) is 0 Å². The van der Waals surface area contributed by atoms with Crippen LogP contribution in [0.4, 0.5) is 0 Å². The third kappa shape index (κ3) is 38.5. The zero-order valence-electron chi connectivity index (χ0n) is 11.2. The smallest absolute Gasteiger partial charge is 0.327 e. The van der Waals surface area contributed by atoms with E-state index in [9.17, 15) is 9.59 Å². The topological polar surface area (TPSA) is 133 Å². The van der Waals surface area contributed by atoms with E-state index in [2.05, 4.69) is 18.5 Å². The van der Waals surface area contributed by atoms with Crippen LogP contribution in [0.2, 0.25) is 0 Å². The van der Waals surface area contributed by atoms with Gasteiger partial charge in [-0.25, -0.2) is 9.59 Å². The predicted octanol–water partition coefficient (Wildman–Crippen LogP) is -0.180. The van der Waals surface area contributed by atoms with Gasteiger partial charge in [-0.05, 0) is 6.42 Å². The largest absolute Gasteiger partial charge is 0.478 e. The molecule has 1 unspecified atom stereocenters. The van der Waals surface area contributed by atoms with Crippen LogP contribution in [0.1, 0.15) is 13.3 Å². The Morgan fingerprint density at radius 2 is 1.63 bits per heavy atom. The second-order valence-electron chi connectivity index (χ2n) is 3.14. The minimum absolute atomic E-state index is 0.212. The van der Waals surface area contributed by atoms with Crippen LogP contribution in [-0.4, -0.2) is 53.0 Å². The predicted molar refractivity (Wildman–Crippen MR) is 73.9 cm³/mol. The van der Waals surface area contributed by atoms with Crippen LogP contribution < -0.4 is 11.1 Å². The fourth-order valence-electron chi connectivity index (χ4n) is 0.515. The van der Waals surface area contributed by atoms with Crippen molar-refractivity contribution in [2.24, 2.45) is 5.73 Å². The highest BCUT2D eigenvalue weighted by atomic mass is 16.4. The van der Waals surface area contributed by atoms with E-state index in [-0.39, 0.29) is 6.10 Å². The Balaban J connectivity index is -0.000000219. The first-order valence-electron chi connectivity index (χ1n) is 5.65. The minimum Gasteiger partial charge on any atom is -0.478 e. The van der Waals surface area contributed by atoms with Gasteiger partial charge in [-0.3, -0.25) is 0 Å². The number of nitrogens with two attached hydrogens (primary N) is 1. The molecule has 0 rings (SSSR count). The number of aliphatic hydroxyl groups is 1. The molecule has 0 amide bonds. The van der Waals surface area contributed by atoms with Crippen molar-refractivity contribution in [1.82, 2.24) is 5.32 Å². The zero-order valence-corrected chi connectivity index (χ0v) is 11.2. The molecule has 0 bridgehead atoms. The molecule has 1 atom stereocenters. The molecule has 0 aliphatic rings. The molecule has 0 aliphatic heterocycles. The van der Waals surface area contributed by atoms with Gasteiger partial charge < -0.3 is 26.4 Å². The first kappa shape index (κ1) is 22.5. The molecule has 0 aromatic heterocycles. The highest BCUT2D eigenvalue weighted by molar-refractivity contribution is 5.79. The highest BCUT2D eigenvalue weighted by Gasteiger charge is 1.96. The van der Waals surface area contributed by atoms with Gasteiger partial charge in [-0.2, -0.15) is 0 Å². The van der Waals surface area contributed by atoms with Crippen LogP contribution in [0.3, 0.4) is 0 Å². The summed E-state index contributed by atoms with van der Waals surface area (Å²) in [5, 5.41) is 27.2. The van der Waals surface area contributed by atoms with Gasteiger partial charge in [0.05, 0.1) is 6.10 Å². The molecule has 0 saturated carbocycles. The first-order valence-corrected chi connectivity index (χ1v) is 5.65. The fraction of sp³-hybridized carbons (Fsp3) is 0.500. The second kappa shape index (κ2) is 18.7. The Kier molecular flexibility index (Phi) is 22.1. The molecule has 0 radical (unpaired) electrons. The molecule has 0 fully saturated rings. The van der Waals surface area contributed by atoms with Crippen LogP contribution in [0.25, 0.3) is 0 Å². The molecule has 19 heavy (non-hydrogen) atoms. The molecule has 0 saturated heterocycles. The first-order chi connectivity index (χ1) is 8.85. The SMILES string of the molecule is C=CC(=O)O.C=CC(=O)O.CCC(O)CNCCN. The van der Waals surface area contributed by atoms with E-state index in [1.54, 1.807) is 0 Å². The fourth-order valence-corrected chi connectivity index (χ4v) is 0.515. The van der Waals surface area contributed by atoms with Crippen molar-refractivity contribution in [3.63, 3.8) is 0 Å². The molecular formula is C12H24N2O5. The van der Waals surface area contributed by atoms with Crippen molar-refractivity contribution in [3.8, 4) is 0 Å². The van der Waals surface area contributed by atoms with Gasteiger partial charge in [0.1, 0.15) is 0 Å². The van der Waals surface area contributed by atoms with Gasteiger partial charge in [-0.15, -0.1) is 0 Å². The molecule has 7 nitrogen and oxygen atoms in total. The summed E-state index contributed by atoms with van der Waals surface area (Å²) in [5.41, 5.74) is 5.21. The number of carboxylic acids is 2. The number of hydrogen-bond acceptors (Lipinski definition) is 5. The van der Waals surface area contributed by atoms with Gasteiger partial charge >= 0.3 is 11.9 Å². The lowest BCUT2D eigenvalue weighted by atomic mass is 10.3. The van der Waals surface area contributed by atoms with Crippen molar-refractivity contribution in [3.05, 3.63) is 25.3 Å². The third-order valence-electron chi connectivity index (χ3n) is 1.52. The Morgan fingerprint density at radius 1 is 1.26 bits per heavy atom. The summed E-state index contributed by atoms with van der Waals surface area (Å²) in [6.45, 7) is 9.96. The number of aliphatic hydroxyl groups excluding tert-OH is 1. The molecule has 0 spiro atoms. The average Bonchev–Trinajstić information content (AvgIpc) is 2.40. The molecule has 112 valence electrons. The van der Waals surface area contributed by atoms with Crippen molar-refractivity contribution >= 4 is 11.9 Å². The van der Waals surface area contributed by atoms with Gasteiger partial charge in [0.2, 0.25) is 0 Å². The minimum atomic E-state index is -0.981. The average molecular weight is 276 g/mol. The molecular weight excluding hydrogens is 252 g/mol. The van der Waals surface area contributed by atoms with Crippen molar-refractivity contribution in [1.29, 1.82) is 0 Å². The van der Waals surface area contributed by atoms with Crippen LogP contribution >= 0.6 is 0 Å². The van der Waals surface area contributed by atoms with E-state index in [4.69, 9.17) is 21.1 Å². The Labute approximate surface area is 113 Å². The molecule has 7 heteroatoms. The summed E-state index contributed by atoms with van der Waals surface area (Å²) in [7, 11) is 0. The maximum absolute atomic E-state index is 9.25. The highest BCUT2D eigenvalue weighted by Crippen LogP contribution is 1.84. The van der Waals surface area contributed by atoms with Crippen molar-refractivity contribution in [2.75, 3.05) is 19.6 Å². The molecule has 0 aromatic rings. The Morgan fingerprint density at radius 3 is 1.84 bits per heavy atom. The van der Waals surface area contributed by atoms with E-state index < -0.39 is 11.9 Å². The van der Waals surface area contributed by atoms with Gasteiger partial charge in [0, 0.05) is 31.8 Å². The van der Waals surface area contributed by atoms with Crippen LogP contribution in [0.15, 0.2) is 25.3 Å². The van der Waals surface area contributed by atoms with Gasteiger partial charge in [0.25, 0.3) is 0 Å². The molecule has 0 aromatic carbocycles. The summed E-state index contributed by atoms with van der Waals surface area (Å²) in [6.07, 6.45) is 2.26. The van der Waals surface area contributed by atoms with Crippen LogP contribution in [0.5, 0.6) is 0 Å². The van der Waals surface area contributed by atoms with E-state index >= 15 is 0 Å². The number of rotatable bonds is 7. The lowest BCUT2D eigenvalue weighted by molar-refractivity contribution is -0.132. The number of hydrogen-bond donors (Lipinski definition) is 5. The summed E-state index contributed by atoms with van der Waals surface area (Å²) in [6, 6.07) is 0. The van der Waals surface area contributed by atoms with E-state index in [1.807, 2.05) is 6.92 Å².